The van der Waals surface area contributed by atoms with E-state index in [-0.39, 0.29) is 30.2 Å². The van der Waals surface area contributed by atoms with Crippen LogP contribution in [0.4, 0.5) is 0 Å². The van der Waals surface area contributed by atoms with Gasteiger partial charge in [-0.05, 0) is 12.1 Å². The molecule has 1 heterocycles. The Morgan fingerprint density at radius 2 is 1.53 bits per heavy atom. The van der Waals surface area contributed by atoms with Crippen LogP contribution in [0.2, 0.25) is 0 Å². The number of aliphatic hydroxyl groups is 2. The zero-order valence-corrected chi connectivity index (χ0v) is 8.95. The summed E-state index contributed by atoms with van der Waals surface area (Å²) in [7, 11) is 0. The number of likely N-dealkylation sites (tertiary alicyclic amines) is 1. The molecule has 2 atom stereocenters. The Bertz CT molecular complexity index is 417. The van der Waals surface area contributed by atoms with Gasteiger partial charge in [0.15, 0.2) is 0 Å². The molecule has 1 amide bonds. The highest BCUT2D eigenvalue weighted by atomic mass is 16.3. The number of hydrogen-bond donors (Lipinski definition) is 4. The van der Waals surface area contributed by atoms with Crippen molar-refractivity contribution in [3.8, 4) is 11.5 Å². The minimum absolute atomic E-state index is 0.0381. The maximum Gasteiger partial charge on any atom is 0.254 e. The summed E-state index contributed by atoms with van der Waals surface area (Å²) in [6, 6.07) is 3.56. The lowest BCUT2D eigenvalue weighted by atomic mass is 10.2. The number of carbonyl (C=O) groups excluding carboxylic acids is 1. The molecule has 1 saturated heterocycles. The summed E-state index contributed by atoms with van der Waals surface area (Å²) >= 11 is 0. The van der Waals surface area contributed by atoms with Gasteiger partial charge >= 0.3 is 0 Å². The number of phenols is 2. The van der Waals surface area contributed by atoms with Crippen LogP contribution in [-0.4, -0.2) is 56.5 Å². The molecular weight excluding hydrogens is 226 g/mol. The first kappa shape index (κ1) is 11.7. The molecule has 0 radical (unpaired) electrons. The predicted molar refractivity (Wildman–Crippen MR) is 57.7 cm³/mol. The topological polar surface area (TPSA) is 101 Å². The molecule has 6 heteroatoms. The standard InChI is InChI=1S/C11H13NO5/c13-7-1-6(2-8(14)3-7)11(17)12-4-9(15)10(16)5-12/h1-3,9-10,13-16H,4-5H2/t9-,10+. The number of aliphatic hydroxyl groups excluding tert-OH is 2. The van der Waals surface area contributed by atoms with Crippen molar-refractivity contribution >= 4 is 5.91 Å². The van der Waals surface area contributed by atoms with Crippen molar-refractivity contribution in [1.82, 2.24) is 4.90 Å². The van der Waals surface area contributed by atoms with E-state index in [1.807, 2.05) is 0 Å². The van der Waals surface area contributed by atoms with E-state index >= 15 is 0 Å². The Morgan fingerprint density at radius 1 is 1.06 bits per heavy atom. The summed E-state index contributed by atoms with van der Waals surface area (Å²) in [5.41, 5.74) is 0.115. The average Bonchev–Trinajstić information content (AvgIpc) is 2.57. The third-order valence-corrected chi connectivity index (χ3v) is 2.70. The lowest BCUT2D eigenvalue weighted by Gasteiger charge is -2.15. The number of rotatable bonds is 1. The van der Waals surface area contributed by atoms with Crippen molar-refractivity contribution in [1.29, 1.82) is 0 Å². The lowest BCUT2D eigenvalue weighted by Crippen LogP contribution is -2.29. The molecule has 1 aliphatic heterocycles. The second kappa shape index (κ2) is 4.23. The van der Waals surface area contributed by atoms with Gasteiger partial charge in [-0.2, -0.15) is 0 Å². The first-order valence-electron chi connectivity index (χ1n) is 5.16. The van der Waals surface area contributed by atoms with Crippen LogP contribution in [-0.2, 0) is 0 Å². The van der Waals surface area contributed by atoms with Crippen molar-refractivity contribution in [2.45, 2.75) is 12.2 Å². The number of nitrogens with zero attached hydrogens (tertiary/aromatic N) is 1. The van der Waals surface area contributed by atoms with Crippen LogP contribution in [0.25, 0.3) is 0 Å². The Kier molecular flexibility index (Phi) is 2.91. The fourth-order valence-electron chi connectivity index (χ4n) is 1.84. The molecule has 0 aromatic heterocycles. The molecule has 4 N–H and O–H groups in total. The van der Waals surface area contributed by atoms with Gasteiger partial charge in [0.2, 0.25) is 0 Å². The van der Waals surface area contributed by atoms with E-state index in [9.17, 15) is 25.2 Å². The average molecular weight is 239 g/mol. The van der Waals surface area contributed by atoms with Gasteiger partial charge in [-0.1, -0.05) is 0 Å². The minimum Gasteiger partial charge on any atom is -0.508 e. The molecule has 1 fully saturated rings. The van der Waals surface area contributed by atoms with Gasteiger partial charge in [-0.25, -0.2) is 0 Å². The van der Waals surface area contributed by atoms with Gasteiger partial charge in [0.05, 0.1) is 12.2 Å². The second-order valence-electron chi connectivity index (χ2n) is 4.08. The first-order chi connectivity index (χ1) is 7.97. The number of amides is 1. The van der Waals surface area contributed by atoms with Gasteiger partial charge in [0, 0.05) is 24.7 Å². The molecule has 0 saturated carbocycles. The second-order valence-corrected chi connectivity index (χ2v) is 4.08. The van der Waals surface area contributed by atoms with Crippen LogP contribution in [0.15, 0.2) is 18.2 Å². The summed E-state index contributed by atoms with van der Waals surface area (Å²) in [4.78, 5) is 13.2. The maximum absolute atomic E-state index is 11.9. The van der Waals surface area contributed by atoms with Gasteiger partial charge in [0.1, 0.15) is 11.5 Å². The van der Waals surface area contributed by atoms with E-state index in [1.54, 1.807) is 0 Å². The molecule has 0 aliphatic carbocycles. The largest absolute Gasteiger partial charge is 0.508 e. The van der Waals surface area contributed by atoms with Crippen LogP contribution < -0.4 is 0 Å². The Labute approximate surface area is 97.3 Å². The van der Waals surface area contributed by atoms with Crippen LogP contribution in [0.1, 0.15) is 10.4 Å². The fraction of sp³-hybridized carbons (Fsp3) is 0.364. The van der Waals surface area contributed by atoms with E-state index in [2.05, 4.69) is 0 Å². The normalized spacial score (nSPS) is 24.0. The van der Waals surface area contributed by atoms with Crippen molar-refractivity contribution in [3.63, 3.8) is 0 Å². The van der Waals surface area contributed by atoms with E-state index < -0.39 is 18.1 Å². The zero-order valence-electron chi connectivity index (χ0n) is 8.95. The quantitative estimate of drug-likeness (QED) is 0.518. The van der Waals surface area contributed by atoms with Gasteiger partial charge in [-0.15, -0.1) is 0 Å². The summed E-state index contributed by atoms with van der Waals surface area (Å²) < 4.78 is 0. The van der Waals surface area contributed by atoms with Gasteiger partial charge < -0.3 is 25.3 Å². The number of aromatic hydroxyl groups is 2. The van der Waals surface area contributed by atoms with E-state index in [0.717, 1.165) is 6.07 Å². The van der Waals surface area contributed by atoms with Crippen LogP contribution in [0.5, 0.6) is 11.5 Å². The lowest BCUT2D eigenvalue weighted by molar-refractivity contribution is 0.0572. The third kappa shape index (κ3) is 2.32. The third-order valence-electron chi connectivity index (χ3n) is 2.70. The van der Waals surface area contributed by atoms with E-state index in [0.29, 0.717) is 0 Å². The van der Waals surface area contributed by atoms with Gasteiger partial charge in [0.25, 0.3) is 5.91 Å². The smallest absolute Gasteiger partial charge is 0.254 e. The summed E-state index contributed by atoms with van der Waals surface area (Å²) in [6.45, 7) is 0.0762. The molecular formula is C11H13NO5. The first-order valence-corrected chi connectivity index (χ1v) is 5.16. The molecule has 0 bridgehead atoms. The Morgan fingerprint density at radius 3 is 2.00 bits per heavy atom. The molecule has 6 nitrogen and oxygen atoms in total. The highest BCUT2D eigenvalue weighted by molar-refractivity contribution is 5.95. The fourth-order valence-corrected chi connectivity index (χ4v) is 1.84. The summed E-state index contributed by atoms with van der Waals surface area (Å²) in [5.74, 6) is -0.880. The summed E-state index contributed by atoms with van der Waals surface area (Å²) in [5, 5.41) is 37.2. The molecule has 1 aromatic carbocycles. The van der Waals surface area contributed by atoms with Crippen LogP contribution in [0, 0.1) is 0 Å². The van der Waals surface area contributed by atoms with Crippen molar-refractivity contribution in [2.24, 2.45) is 0 Å². The van der Waals surface area contributed by atoms with Crippen molar-refractivity contribution in [2.75, 3.05) is 13.1 Å². The number of carbonyl (C=O) groups is 1. The SMILES string of the molecule is O=C(c1cc(O)cc(O)c1)N1C[C@@H](O)[C@@H](O)C1. The highest BCUT2D eigenvalue weighted by Crippen LogP contribution is 2.22. The molecule has 2 rings (SSSR count). The van der Waals surface area contributed by atoms with Crippen LogP contribution in [0.3, 0.4) is 0 Å². The minimum atomic E-state index is -0.954. The Hall–Kier alpha value is -1.79. The molecule has 17 heavy (non-hydrogen) atoms. The van der Waals surface area contributed by atoms with Crippen molar-refractivity contribution in [3.05, 3.63) is 23.8 Å². The van der Waals surface area contributed by atoms with E-state index in [4.69, 9.17) is 0 Å². The molecule has 1 aliphatic rings. The number of phenolic OH excluding ortho intramolecular Hbond substituents is 2. The molecule has 0 unspecified atom stereocenters. The predicted octanol–water partition coefficient (Wildman–Crippen LogP) is -0.725. The number of hydrogen-bond acceptors (Lipinski definition) is 5. The molecule has 92 valence electrons. The van der Waals surface area contributed by atoms with Crippen molar-refractivity contribution < 1.29 is 25.2 Å². The number of benzene rings is 1. The molecule has 0 spiro atoms. The summed E-state index contributed by atoms with van der Waals surface area (Å²) in [6.07, 6.45) is -1.91. The zero-order chi connectivity index (χ0) is 12.6. The maximum atomic E-state index is 11.9. The molecule has 1 aromatic rings. The van der Waals surface area contributed by atoms with Gasteiger partial charge in [-0.3, -0.25) is 4.79 Å². The monoisotopic (exact) mass is 239 g/mol. The van der Waals surface area contributed by atoms with Crippen LogP contribution >= 0.6 is 0 Å². The number of β-amino-alcohol motifs (C(OH)–C–C–N with tert-alkyl or cyclic N) is 2. The highest BCUT2D eigenvalue weighted by Gasteiger charge is 2.33. The Balaban J connectivity index is 2.20. The van der Waals surface area contributed by atoms with E-state index in [1.165, 1.54) is 17.0 Å².